The van der Waals surface area contributed by atoms with Crippen molar-refractivity contribution >= 4 is 5.97 Å². The van der Waals surface area contributed by atoms with Crippen LogP contribution in [-0.4, -0.2) is 11.6 Å². The lowest BCUT2D eigenvalue weighted by atomic mass is 9.67. The van der Waals surface area contributed by atoms with E-state index >= 15 is 0 Å². The van der Waals surface area contributed by atoms with Crippen LogP contribution < -0.4 is 0 Å². The van der Waals surface area contributed by atoms with Gasteiger partial charge < -0.3 is 4.74 Å². The van der Waals surface area contributed by atoms with Crippen LogP contribution in [0, 0.1) is 71.0 Å². The van der Waals surface area contributed by atoms with E-state index in [9.17, 15) is 4.79 Å². The average molecular weight is 381 g/mol. The highest BCUT2D eigenvalue weighted by molar-refractivity contribution is 5.74. The highest BCUT2D eigenvalue weighted by Crippen LogP contribution is 2.68. The Kier molecular flexibility index (Phi) is 3.31. The average Bonchev–Trinajstić information content (AvgIpc) is 3.51. The first-order valence-electron chi connectivity index (χ1n) is 12.5. The van der Waals surface area contributed by atoms with Crippen LogP contribution in [0.5, 0.6) is 0 Å². The van der Waals surface area contributed by atoms with Crippen LogP contribution in [0.4, 0.5) is 0 Å². The molecular weight excluding hydrogens is 344 g/mol. The number of ether oxygens (including phenoxy) is 1. The maximum atomic E-state index is 13.6. The Labute approximate surface area is 169 Å². The molecule has 12 atom stereocenters. The normalized spacial score (nSPS) is 59.5. The lowest BCUT2D eigenvalue weighted by Gasteiger charge is -2.46. The van der Waals surface area contributed by atoms with Crippen LogP contribution in [0.1, 0.15) is 65.2 Å². The van der Waals surface area contributed by atoms with Crippen molar-refractivity contribution in [2.24, 2.45) is 71.0 Å². The lowest BCUT2D eigenvalue weighted by Crippen LogP contribution is -2.50. The van der Waals surface area contributed by atoms with Gasteiger partial charge in [0.25, 0.3) is 0 Å². The number of hydrogen-bond acceptors (Lipinski definition) is 2. The highest BCUT2D eigenvalue weighted by atomic mass is 16.6. The summed E-state index contributed by atoms with van der Waals surface area (Å²) in [4.78, 5) is 13.6. The smallest absolute Gasteiger partial charge is 0.309 e. The van der Waals surface area contributed by atoms with Crippen LogP contribution in [0.25, 0.3) is 0 Å². The van der Waals surface area contributed by atoms with Gasteiger partial charge >= 0.3 is 5.97 Å². The summed E-state index contributed by atoms with van der Waals surface area (Å²) in [6.07, 6.45) is 15.6. The molecule has 0 aromatic rings. The van der Waals surface area contributed by atoms with Crippen LogP contribution in [0.2, 0.25) is 0 Å². The quantitative estimate of drug-likeness (QED) is 0.368. The molecule has 6 bridgehead atoms. The number of carbonyl (C=O) groups excluding carboxylic acids is 1. The van der Waals surface area contributed by atoms with Gasteiger partial charge in [-0.25, -0.2) is 0 Å². The molecule has 2 nitrogen and oxygen atoms in total. The molecule has 12 unspecified atom stereocenters. The third-order valence-corrected chi connectivity index (χ3v) is 11.4. The zero-order chi connectivity index (χ0) is 18.8. The molecule has 0 heterocycles. The first-order chi connectivity index (χ1) is 13.6. The van der Waals surface area contributed by atoms with Crippen molar-refractivity contribution in [1.82, 2.24) is 0 Å². The fourth-order valence-corrected chi connectivity index (χ4v) is 10.6. The Morgan fingerprint density at radius 2 is 1.71 bits per heavy atom. The van der Waals surface area contributed by atoms with Crippen molar-refractivity contribution in [3.05, 3.63) is 12.2 Å². The number of rotatable bonds is 3. The molecule has 0 N–H and O–H groups in total. The molecule has 6 fully saturated rings. The molecule has 0 saturated heterocycles. The van der Waals surface area contributed by atoms with E-state index in [1.165, 1.54) is 44.9 Å². The highest BCUT2D eigenvalue weighted by Gasteiger charge is 2.66. The molecule has 0 aromatic heterocycles. The first kappa shape index (κ1) is 16.9. The first-order valence-corrected chi connectivity index (χ1v) is 12.5. The van der Waals surface area contributed by atoms with E-state index in [0.29, 0.717) is 17.8 Å². The molecule has 28 heavy (non-hydrogen) atoms. The molecule has 0 spiro atoms. The van der Waals surface area contributed by atoms with Gasteiger partial charge in [0, 0.05) is 5.92 Å². The van der Waals surface area contributed by atoms with Crippen LogP contribution in [-0.2, 0) is 9.53 Å². The molecule has 7 aliphatic rings. The zero-order valence-corrected chi connectivity index (χ0v) is 17.6. The second kappa shape index (κ2) is 5.46. The van der Waals surface area contributed by atoms with Gasteiger partial charge in [0.15, 0.2) is 0 Å². The van der Waals surface area contributed by atoms with E-state index in [1.807, 2.05) is 0 Å². The topological polar surface area (TPSA) is 26.3 Å². The second-order valence-corrected chi connectivity index (χ2v) is 12.2. The molecule has 0 radical (unpaired) electrons. The predicted octanol–water partition coefficient (Wildman–Crippen LogP) is 5.47. The molecule has 6 saturated carbocycles. The Hall–Kier alpha value is -0.790. The second-order valence-electron chi connectivity index (χ2n) is 12.2. The van der Waals surface area contributed by atoms with Gasteiger partial charge in [0.05, 0.1) is 5.92 Å². The summed E-state index contributed by atoms with van der Waals surface area (Å²) >= 11 is 0. The summed E-state index contributed by atoms with van der Waals surface area (Å²) in [7, 11) is 0. The third kappa shape index (κ3) is 1.90. The molecule has 0 amide bonds. The van der Waals surface area contributed by atoms with Gasteiger partial charge in [-0.2, -0.15) is 0 Å². The van der Waals surface area contributed by atoms with Crippen molar-refractivity contribution in [2.75, 3.05) is 0 Å². The van der Waals surface area contributed by atoms with Gasteiger partial charge in [-0.15, -0.1) is 0 Å². The van der Waals surface area contributed by atoms with Gasteiger partial charge in [-0.05, 0) is 104 Å². The van der Waals surface area contributed by atoms with Crippen molar-refractivity contribution in [1.29, 1.82) is 0 Å². The van der Waals surface area contributed by atoms with Gasteiger partial charge in [-0.1, -0.05) is 32.4 Å². The van der Waals surface area contributed by atoms with Crippen LogP contribution in [0.3, 0.4) is 0 Å². The third-order valence-electron chi connectivity index (χ3n) is 11.4. The molecule has 2 heteroatoms. The fraction of sp³-hybridized carbons (Fsp3) is 0.885. The van der Waals surface area contributed by atoms with Crippen LogP contribution >= 0.6 is 0 Å². The summed E-state index contributed by atoms with van der Waals surface area (Å²) in [5, 5.41) is 0. The van der Waals surface area contributed by atoms with Crippen molar-refractivity contribution in [2.45, 2.75) is 70.8 Å². The van der Waals surface area contributed by atoms with Gasteiger partial charge in [0.2, 0.25) is 0 Å². The Bertz CT molecular complexity index is 739. The summed E-state index contributed by atoms with van der Waals surface area (Å²) < 4.78 is 6.71. The summed E-state index contributed by atoms with van der Waals surface area (Å²) in [6, 6.07) is 0. The predicted molar refractivity (Wildman–Crippen MR) is 108 cm³/mol. The number of hydrogen-bond donors (Lipinski definition) is 0. The number of carbonyl (C=O) groups is 1. The molecule has 0 aromatic carbocycles. The monoisotopic (exact) mass is 380 g/mol. The van der Waals surface area contributed by atoms with Crippen molar-refractivity contribution < 1.29 is 9.53 Å². The molecule has 0 aliphatic heterocycles. The molecule has 7 rings (SSSR count). The Morgan fingerprint density at radius 3 is 2.54 bits per heavy atom. The Morgan fingerprint density at radius 1 is 0.929 bits per heavy atom. The summed E-state index contributed by atoms with van der Waals surface area (Å²) in [6.45, 7) is 4.66. The maximum absolute atomic E-state index is 13.6. The van der Waals surface area contributed by atoms with Crippen molar-refractivity contribution in [3.63, 3.8) is 0 Å². The van der Waals surface area contributed by atoms with Gasteiger partial charge in [0.1, 0.15) is 5.60 Å². The van der Waals surface area contributed by atoms with E-state index in [2.05, 4.69) is 26.0 Å². The number of esters is 1. The Balaban J connectivity index is 1.14. The minimum absolute atomic E-state index is 0.136. The maximum Gasteiger partial charge on any atom is 0.309 e. The number of fused-ring (bicyclic) bond motifs is 14. The minimum atomic E-state index is -0.136. The number of allylic oxidation sites excluding steroid dienone is 2. The van der Waals surface area contributed by atoms with Crippen molar-refractivity contribution in [3.8, 4) is 0 Å². The summed E-state index contributed by atoms with van der Waals surface area (Å²) in [5.74, 6) is 8.98. The van der Waals surface area contributed by atoms with Crippen LogP contribution in [0.15, 0.2) is 12.2 Å². The standard InChI is InChI=1S/C26H36O2/c1-13(2)26(12-17-11-22(26)19-5-3-4-18(17)19)28-25(27)21-10-16-9-20(21)24-15-7-6-14(8-15)23(16)24/h6-7,13-24H,3-5,8-12H2,1-2H3. The molecular formula is C26H36O2. The van der Waals surface area contributed by atoms with E-state index in [0.717, 1.165) is 53.8 Å². The van der Waals surface area contributed by atoms with Gasteiger partial charge in [-0.3, -0.25) is 4.79 Å². The summed E-state index contributed by atoms with van der Waals surface area (Å²) in [5.41, 5.74) is -0.136. The SMILES string of the molecule is CC(C)C1(OC(=O)C2CC3CC2C2C4C=CC(C4)C32)CC2CC1C1CCCC21. The fourth-order valence-electron chi connectivity index (χ4n) is 10.6. The zero-order valence-electron chi connectivity index (χ0n) is 17.6. The molecule has 152 valence electrons. The van der Waals surface area contributed by atoms with E-state index in [4.69, 9.17) is 4.74 Å². The largest absolute Gasteiger partial charge is 0.458 e. The van der Waals surface area contributed by atoms with E-state index in [-0.39, 0.29) is 17.5 Å². The lowest BCUT2D eigenvalue weighted by molar-refractivity contribution is -0.185. The molecule has 7 aliphatic carbocycles. The van der Waals surface area contributed by atoms with E-state index < -0.39 is 0 Å². The van der Waals surface area contributed by atoms with E-state index in [1.54, 1.807) is 0 Å². The minimum Gasteiger partial charge on any atom is -0.458 e.